The molecule has 0 saturated carbocycles. The number of carbonyl (C=O) groups excluding carboxylic acids is 3. The van der Waals surface area contributed by atoms with Crippen LogP contribution in [0.5, 0.6) is 0 Å². The van der Waals surface area contributed by atoms with Crippen molar-refractivity contribution in [1.29, 1.82) is 0 Å². The third-order valence-electron chi connectivity index (χ3n) is 4.28. The first-order valence-electron chi connectivity index (χ1n) is 8.36. The monoisotopic (exact) mass is 354 g/mol. The number of amides is 2. The molecule has 1 aliphatic heterocycles. The highest BCUT2D eigenvalue weighted by Gasteiger charge is 2.37. The fourth-order valence-corrected chi connectivity index (χ4v) is 2.91. The van der Waals surface area contributed by atoms with Gasteiger partial charge in [-0.05, 0) is 48.0 Å². The Balaban J connectivity index is 1.55. The predicted molar refractivity (Wildman–Crippen MR) is 102 cm³/mol. The van der Waals surface area contributed by atoms with Crippen molar-refractivity contribution in [3.63, 3.8) is 0 Å². The molecule has 0 atom stereocenters. The van der Waals surface area contributed by atoms with Crippen LogP contribution in [0, 0.1) is 0 Å². The molecule has 27 heavy (non-hydrogen) atoms. The fourth-order valence-electron chi connectivity index (χ4n) is 2.91. The molecule has 0 unspecified atom stereocenters. The van der Waals surface area contributed by atoms with Crippen molar-refractivity contribution in [2.45, 2.75) is 0 Å². The van der Waals surface area contributed by atoms with E-state index in [2.05, 4.69) is 4.98 Å². The quantitative estimate of drug-likeness (QED) is 0.406. The number of carbonyl (C=O) groups is 3. The number of ketones is 1. The largest absolute Gasteiger partial charge is 0.289 e. The van der Waals surface area contributed by atoms with Crippen LogP contribution in [-0.4, -0.2) is 22.6 Å². The van der Waals surface area contributed by atoms with E-state index in [0.717, 1.165) is 10.5 Å². The van der Waals surface area contributed by atoms with Gasteiger partial charge in [0.1, 0.15) is 5.69 Å². The lowest BCUT2D eigenvalue weighted by atomic mass is 10.1. The van der Waals surface area contributed by atoms with Gasteiger partial charge in [-0.25, -0.2) is 4.90 Å². The summed E-state index contributed by atoms with van der Waals surface area (Å²) in [7, 11) is 0. The standard InChI is InChI=1S/C22H14N2O3/c25-19(13-8-15-5-2-1-3-6-15)16-9-11-17(12-10-16)24-21(26)18-7-4-14-23-20(18)22(24)27/h1-14H. The van der Waals surface area contributed by atoms with Gasteiger partial charge in [-0.1, -0.05) is 36.4 Å². The van der Waals surface area contributed by atoms with Gasteiger partial charge >= 0.3 is 0 Å². The van der Waals surface area contributed by atoms with Gasteiger partial charge in [0.15, 0.2) is 5.78 Å². The molecule has 3 aromatic rings. The highest BCUT2D eigenvalue weighted by Crippen LogP contribution is 2.27. The second-order valence-electron chi connectivity index (χ2n) is 6.00. The Hall–Kier alpha value is -3.86. The van der Waals surface area contributed by atoms with Gasteiger partial charge in [0.25, 0.3) is 11.8 Å². The molecule has 2 heterocycles. The molecular weight excluding hydrogens is 340 g/mol. The molecule has 0 spiro atoms. The SMILES string of the molecule is O=C(C=Cc1ccccc1)c1ccc(N2C(=O)c3cccnc3C2=O)cc1. The van der Waals surface area contributed by atoms with Gasteiger partial charge in [0.05, 0.1) is 11.3 Å². The summed E-state index contributed by atoms with van der Waals surface area (Å²) in [6.45, 7) is 0. The second-order valence-corrected chi connectivity index (χ2v) is 6.00. The molecule has 0 saturated heterocycles. The zero-order valence-electron chi connectivity index (χ0n) is 14.2. The van der Waals surface area contributed by atoms with E-state index in [1.165, 1.54) is 12.3 Å². The maximum atomic E-state index is 12.5. The van der Waals surface area contributed by atoms with E-state index < -0.39 is 11.8 Å². The zero-order valence-corrected chi connectivity index (χ0v) is 14.2. The highest BCUT2D eigenvalue weighted by molar-refractivity contribution is 6.33. The number of nitrogens with zero attached hydrogens (tertiary/aromatic N) is 2. The van der Waals surface area contributed by atoms with E-state index in [0.29, 0.717) is 11.3 Å². The molecule has 2 aromatic carbocycles. The molecule has 0 fully saturated rings. The number of fused-ring (bicyclic) bond motifs is 1. The minimum atomic E-state index is -0.460. The number of benzene rings is 2. The number of aromatic nitrogens is 1. The Kier molecular flexibility index (Phi) is 4.18. The molecule has 2 amide bonds. The smallest absolute Gasteiger partial charge is 0.284 e. The maximum absolute atomic E-state index is 12.5. The van der Waals surface area contributed by atoms with Crippen molar-refractivity contribution >= 4 is 29.4 Å². The lowest BCUT2D eigenvalue weighted by molar-refractivity contribution is 0.0924. The summed E-state index contributed by atoms with van der Waals surface area (Å²) in [5.74, 6) is -1.03. The van der Waals surface area contributed by atoms with Crippen molar-refractivity contribution in [1.82, 2.24) is 4.98 Å². The number of rotatable bonds is 4. The van der Waals surface area contributed by atoms with Gasteiger partial charge < -0.3 is 0 Å². The Morgan fingerprint density at radius 1 is 0.852 bits per heavy atom. The van der Waals surface area contributed by atoms with Crippen molar-refractivity contribution < 1.29 is 14.4 Å². The molecule has 130 valence electrons. The Morgan fingerprint density at radius 3 is 2.30 bits per heavy atom. The van der Waals surface area contributed by atoms with Crippen LogP contribution in [-0.2, 0) is 0 Å². The molecule has 5 nitrogen and oxygen atoms in total. The van der Waals surface area contributed by atoms with Crippen LogP contribution in [0.3, 0.4) is 0 Å². The zero-order chi connectivity index (χ0) is 18.8. The van der Waals surface area contributed by atoms with Crippen molar-refractivity contribution in [3.05, 3.63) is 101 Å². The van der Waals surface area contributed by atoms with Gasteiger partial charge in [0, 0.05) is 11.8 Å². The van der Waals surface area contributed by atoms with Crippen LogP contribution in [0.25, 0.3) is 6.08 Å². The van der Waals surface area contributed by atoms with Crippen molar-refractivity contribution in [2.24, 2.45) is 0 Å². The molecule has 0 radical (unpaired) electrons. The van der Waals surface area contributed by atoms with Gasteiger partial charge in [-0.2, -0.15) is 0 Å². The van der Waals surface area contributed by atoms with Crippen LogP contribution < -0.4 is 4.90 Å². The van der Waals surface area contributed by atoms with E-state index >= 15 is 0 Å². The van der Waals surface area contributed by atoms with E-state index in [1.807, 2.05) is 30.3 Å². The lowest BCUT2D eigenvalue weighted by Crippen LogP contribution is -2.29. The van der Waals surface area contributed by atoms with Gasteiger partial charge in [-0.3, -0.25) is 19.4 Å². The molecule has 1 aromatic heterocycles. The number of imide groups is 1. The Morgan fingerprint density at radius 2 is 1.59 bits per heavy atom. The van der Waals surface area contributed by atoms with Crippen molar-refractivity contribution in [3.8, 4) is 0 Å². The fraction of sp³-hybridized carbons (Fsp3) is 0. The third-order valence-corrected chi connectivity index (χ3v) is 4.28. The van der Waals surface area contributed by atoms with Crippen LogP contribution in [0.1, 0.15) is 36.8 Å². The Bertz CT molecular complexity index is 1040. The summed E-state index contributed by atoms with van der Waals surface area (Å²) in [5.41, 5.74) is 2.25. The minimum absolute atomic E-state index is 0.147. The number of pyridine rings is 1. The summed E-state index contributed by atoms with van der Waals surface area (Å²) in [5, 5.41) is 0. The molecule has 5 heteroatoms. The molecule has 1 aliphatic rings. The van der Waals surface area contributed by atoms with Crippen LogP contribution in [0.4, 0.5) is 5.69 Å². The normalized spacial score (nSPS) is 13.3. The molecule has 0 N–H and O–H groups in total. The minimum Gasteiger partial charge on any atom is -0.289 e. The molecular formula is C22H14N2O3. The molecule has 0 aliphatic carbocycles. The predicted octanol–water partition coefficient (Wildman–Crippen LogP) is 3.78. The summed E-state index contributed by atoms with van der Waals surface area (Å²) in [6.07, 6.45) is 4.72. The first-order valence-corrected chi connectivity index (χ1v) is 8.36. The van der Waals surface area contributed by atoms with Gasteiger partial charge in [0.2, 0.25) is 0 Å². The average molecular weight is 354 g/mol. The van der Waals surface area contributed by atoms with E-state index in [4.69, 9.17) is 0 Å². The molecule has 0 bridgehead atoms. The number of hydrogen-bond acceptors (Lipinski definition) is 4. The lowest BCUT2D eigenvalue weighted by Gasteiger charge is -2.13. The Labute approximate surface area is 155 Å². The summed E-state index contributed by atoms with van der Waals surface area (Å²) in [6, 6.07) is 19.1. The highest BCUT2D eigenvalue weighted by atomic mass is 16.2. The maximum Gasteiger partial charge on any atom is 0.284 e. The first kappa shape index (κ1) is 16.6. The summed E-state index contributed by atoms with van der Waals surface area (Å²) in [4.78, 5) is 42.3. The van der Waals surface area contributed by atoms with Crippen molar-refractivity contribution in [2.75, 3.05) is 4.90 Å². The summed E-state index contributed by atoms with van der Waals surface area (Å²) < 4.78 is 0. The van der Waals surface area contributed by atoms with E-state index in [9.17, 15) is 14.4 Å². The van der Waals surface area contributed by atoms with Crippen LogP contribution in [0.2, 0.25) is 0 Å². The van der Waals surface area contributed by atoms with Crippen LogP contribution in [0.15, 0.2) is 79.0 Å². The number of allylic oxidation sites excluding steroid dienone is 1. The van der Waals surface area contributed by atoms with E-state index in [1.54, 1.807) is 42.5 Å². The number of anilines is 1. The first-order chi connectivity index (χ1) is 13.1. The second kappa shape index (κ2) is 6.80. The number of hydrogen-bond donors (Lipinski definition) is 0. The van der Waals surface area contributed by atoms with Crippen LogP contribution >= 0.6 is 0 Å². The van der Waals surface area contributed by atoms with Gasteiger partial charge in [-0.15, -0.1) is 0 Å². The average Bonchev–Trinajstić information content (AvgIpc) is 2.98. The third kappa shape index (κ3) is 3.06. The summed E-state index contributed by atoms with van der Waals surface area (Å²) >= 11 is 0. The molecule has 4 rings (SSSR count). The van der Waals surface area contributed by atoms with E-state index in [-0.39, 0.29) is 17.0 Å². The topological polar surface area (TPSA) is 67.3 Å².